The van der Waals surface area contributed by atoms with E-state index >= 15 is 0 Å². The van der Waals surface area contributed by atoms with Crippen LogP contribution >= 0.6 is 0 Å². The average molecular weight is 488 g/mol. The van der Waals surface area contributed by atoms with Gasteiger partial charge in [-0.05, 0) is 80.0 Å². The maximum absolute atomic E-state index is 12.4. The van der Waals surface area contributed by atoms with E-state index in [0.717, 1.165) is 57.8 Å². The van der Waals surface area contributed by atoms with Gasteiger partial charge in [0.2, 0.25) is 5.91 Å². The molecular formula is C29H45NO5. The minimum absolute atomic E-state index is 0.0109. The molecule has 6 nitrogen and oxygen atoms in total. The Hall–Kier alpha value is -1.85. The van der Waals surface area contributed by atoms with Crippen LogP contribution in [0.4, 0.5) is 0 Å². The van der Waals surface area contributed by atoms with Gasteiger partial charge in [0, 0.05) is 26.2 Å². The predicted molar refractivity (Wildman–Crippen MR) is 134 cm³/mol. The van der Waals surface area contributed by atoms with Gasteiger partial charge < -0.3 is 14.8 Å². The summed E-state index contributed by atoms with van der Waals surface area (Å²) in [5.41, 5.74) is 1.54. The van der Waals surface area contributed by atoms with E-state index in [1.165, 1.54) is 5.57 Å². The summed E-state index contributed by atoms with van der Waals surface area (Å²) in [6.07, 6.45) is 11.6. The van der Waals surface area contributed by atoms with Crippen molar-refractivity contribution in [3.63, 3.8) is 0 Å². The SMILES string of the molecule is CCCC(=O)O[C@H]1CC[C@@]2(C)C(=CC[C@@H]3[C@H]4C[C@H](OC(=O)CCC)[C@@H](NC(C)=O)[C@@]4(C)CC[C@H]32)C1. The predicted octanol–water partition coefficient (Wildman–Crippen LogP) is 5.49. The number of carbonyl (C=O) groups is 3. The fraction of sp³-hybridized carbons (Fsp3) is 0.828. The first kappa shape index (κ1) is 26.2. The monoisotopic (exact) mass is 487 g/mol. The van der Waals surface area contributed by atoms with Gasteiger partial charge in [0.15, 0.2) is 0 Å². The van der Waals surface area contributed by atoms with Crippen molar-refractivity contribution in [2.45, 2.75) is 123 Å². The molecule has 1 amide bonds. The van der Waals surface area contributed by atoms with Crippen molar-refractivity contribution in [1.82, 2.24) is 5.32 Å². The molecule has 3 saturated carbocycles. The second-order valence-corrected chi connectivity index (χ2v) is 12.1. The van der Waals surface area contributed by atoms with E-state index < -0.39 is 0 Å². The minimum atomic E-state index is -0.251. The van der Waals surface area contributed by atoms with Crippen molar-refractivity contribution in [3.8, 4) is 0 Å². The van der Waals surface area contributed by atoms with Crippen LogP contribution in [0.5, 0.6) is 0 Å². The fourth-order valence-electron chi connectivity index (χ4n) is 8.19. The third kappa shape index (κ3) is 4.91. The highest BCUT2D eigenvalue weighted by Gasteiger charge is 2.62. The quantitative estimate of drug-likeness (QED) is 0.379. The van der Waals surface area contributed by atoms with E-state index in [9.17, 15) is 14.4 Å². The fourth-order valence-corrected chi connectivity index (χ4v) is 8.19. The highest BCUT2D eigenvalue weighted by molar-refractivity contribution is 5.74. The molecule has 35 heavy (non-hydrogen) atoms. The molecule has 6 heteroatoms. The van der Waals surface area contributed by atoms with E-state index in [2.05, 4.69) is 25.2 Å². The normalized spacial score (nSPS) is 40.0. The number of esters is 2. The van der Waals surface area contributed by atoms with E-state index in [0.29, 0.717) is 30.6 Å². The second kappa shape index (κ2) is 10.3. The molecule has 196 valence electrons. The summed E-state index contributed by atoms with van der Waals surface area (Å²) in [5.74, 6) is 1.24. The lowest BCUT2D eigenvalue weighted by Gasteiger charge is -2.57. The Morgan fingerprint density at radius 3 is 2.34 bits per heavy atom. The number of rotatable bonds is 7. The summed E-state index contributed by atoms with van der Waals surface area (Å²) in [6.45, 7) is 10.3. The molecule has 0 spiro atoms. The van der Waals surface area contributed by atoms with Crippen molar-refractivity contribution in [1.29, 1.82) is 0 Å². The Labute approximate surface area is 211 Å². The number of carbonyl (C=O) groups excluding carboxylic acids is 3. The molecule has 0 radical (unpaired) electrons. The summed E-state index contributed by atoms with van der Waals surface area (Å²) in [5, 5.41) is 3.19. The van der Waals surface area contributed by atoms with Crippen LogP contribution in [-0.4, -0.2) is 36.1 Å². The number of allylic oxidation sites excluding steroid dienone is 1. The Kier molecular flexibility index (Phi) is 7.68. The molecule has 0 aromatic carbocycles. The molecule has 4 aliphatic carbocycles. The molecule has 0 heterocycles. The maximum atomic E-state index is 12.4. The van der Waals surface area contributed by atoms with Gasteiger partial charge in [-0.3, -0.25) is 14.4 Å². The van der Waals surface area contributed by atoms with Gasteiger partial charge in [0.25, 0.3) is 0 Å². The zero-order valence-corrected chi connectivity index (χ0v) is 22.4. The van der Waals surface area contributed by atoms with Crippen molar-refractivity contribution in [2.75, 3.05) is 0 Å². The lowest BCUT2D eigenvalue weighted by atomic mass is 9.48. The molecule has 0 saturated heterocycles. The number of fused-ring (bicyclic) bond motifs is 5. The van der Waals surface area contributed by atoms with Crippen LogP contribution in [0.25, 0.3) is 0 Å². The number of amides is 1. The van der Waals surface area contributed by atoms with Gasteiger partial charge in [-0.1, -0.05) is 39.3 Å². The van der Waals surface area contributed by atoms with Crippen molar-refractivity contribution in [2.24, 2.45) is 28.6 Å². The van der Waals surface area contributed by atoms with Crippen LogP contribution in [0, 0.1) is 28.6 Å². The summed E-state index contributed by atoms with van der Waals surface area (Å²) in [4.78, 5) is 36.7. The average Bonchev–Trinajstić information content (AvgIpc) is 3.05. The van der Waals surface area contributed by atoms with E-state index in [4.69, 9.17) is 9.47 Å². The minimum Gasteiger partial charge on any atom is -0.462 e. The third-order valence-corrected chi connectivity index (χ3v) is 9.91. The summed E-state index contributed by atoms with van der Waals surface area (Å²) in [6, 6.07) is -0.126. The first-order valence-corrected chi connectivity index (χ1v) is 14.0. The Bertz CT molecular complexity index is 867. The maximum Gasteiger partial charge on any atom is 0.306 e. The molecule has 0 aliphatic heterocycles. The first-order chi connectivity index (χ1) is 16.6. The van der Waals surface area contributed by atoms with Crippen LogP contribution < -0.4 is 5.32 Å². The standard InChI is InChI=1S/C29H45NO5/c1-6-8-25(32)34-20-12-14-28(4)19(16-20)10-11-21-22(28)13-15-29(5)23(21)17-24(27(29)30-18(3)31)35-26(33)9-7-2/h10,20-24,27H,6-9,11-17H2,1-5H3,(H,30,31)/t20-,21-,22+,23+,24-,27+,28-,29-/m0/s1. The van der Waals surface area contributed by atoms with Crippen molar-refractivity contribution in [3.05, 3.63) is 11.6 Å². The number of hydrogen-bond acceptors (Lipinski definition) is 5. The molecule has 0 aromatic heterocycles. The third-order valence-electron chi connectivity index (χ3n) is 9.91. The van der Waals surface area contributed by atoms with Crippen LogP contribution in [0.3, 0.4) is 0 Å². The molecule has 0 bridgehead atoms. The lowest BCUT2D eigenvalue weighted by Crippen LogP contribution is -2.55. The van der Waals surface area contributed by atoms with Crippen molar-refractivity contribution >= 4 is 17.8 Å². The van der Waals surface area contributed by atoms with E-state index in [-0.39, 0.29) is 46.9 Å². The zero-order valence-electron chi connectivity index (χ0n) is 22.4. The summed E-state index contributed by atoms with van der Waals surface area (Å²) in [7, 11) is 0. The van der Waals surface area contributed by atoms with Gasteiger partial charge in [-0.25, -0.2) is 0 Å². The van der Waals surface area contributed by atoms with Crippen molar-refractivity contribution < 1.29 is 23.9 Å². The highest BCUT2D eigenvalue weighted by atomic mass is 16.5. The smallest absolute Gasteiger partial charge is 0.306 e. The van der Waals surface area contributed by atoms with Gasteiger partial charge in [0.05, 0.1) is 6.04 Å². The largest absolute Gasteiger partial charge is 0.462 e. The highest BCUT2D eigenvalue weighted by Crippen LogP contribution is 2.65. The first-order valence-electron chi connectivity index (χ1n) is 14.0. The van der Waals surface area contributed by atoms with Gasteiger partial charge in [0.1, 0.15) is 12.2 Å². The topological polar surface area (TPSA) is 81.7 Å². The van der Waals surface area contributed by atoms with Crippen LogP contribution in [-0.2, 0) is 23.9 Å². The van der Waals surface area contributed by atoms with E-state index in [1.54, 1.807) is 6.92 Å². The number of hydrogen-bond donors (Lipinski definition) is 1. The van der Waals surface area contributed by atoms with Gasteiger partial charge in [-0.15, -0.1) is 0 Å². The number of nitrogens with one attached hydrogen (secondary N) is 1. The van der Waals surface area contributed by atoms with Gasteiger partial charge in [-0.2, -0.15) is 0 Å². The van der Waals surface area contributed by atoms with E-state index in [1.807, 2.05) is 13.8 Å². The zero-order chi connectivity index (χ0) is 25.4. The molecule has 4 rings (SSSR count). The van der Waals surface area contributed by atoms with Crippen LogP contribution in [0.1, 0.15) is 105 Å². The second-order valence-electron chi connectivity index (χ2n) is 12.1. The Morgan fingerprint density at radius 2 is 1.69 bits per heavy atom. The lowest BCUT2D eigenvalue weighted by molar-refractivity contribution is -0.152. The van der Waals surface area contributed by atoms with Crippen LogP contribution in [0.2, 0.25) is 0 Å². The Balaban J connectivity index is 1.54. The Morgan fingerprint density at radius 1 is 1.00 bits per heavy atom. The number of ether oxygens (including phenoxy) is 2. The molecule has 8 atom stereocenters. The molecule has 0 unspecified atom stereocenters. The van der Waals surface area contributed by atoms with Gasteiger partial charge >= 0.3 is 11.9 Å². The molecule has 4 aliphatic rings. The van der Waals surface area contributed by atoms with Crippen LogP contribution in [0.15, 0.2) is 11.6 Å². The molecular weight excluding hydrogens is 442 g/mol. The molecule has 3 fully saturated rings. The molecule has 0 aromatic rings. The summed E-state index contributed by atoms with van der Waals surface area (Å²) < 4.78 is 11.8. The summed E-state index contributed by atoms with van der Waals surface area (Å²) >= 11 is 0. The molecule has 1 N–H and O–H groups in total.